The van der Waals surface area contributed by atoms with Crippen LogP contribution in [-0.2, 0) is 4.74 Å². The van der Waals surface area contributed by atoms with Gasteiger partial charge in [0.1, 0.15) is 17.6 Å². The van der Waals surface area contributed by atoms with Crippen molar-refractivity contribution in [3.05, 3.63) is 90.2 Å². The van der Waals surface area contributed by atoms with Gasteiger partial charge in [-0.2, -0.15) is 5.26 Å². The van der Waals surface area contributed by atoms with E-state index >= 15 is 0 Å². The summed E-state index contributed by atoms with van der Waals surface area (Å²) in [5.74, 6) is 2.08. The summed E-state index contributed by atoms with van der Waals surface area (Å²) in [6.07, 6.45) is 0. The molecule has 0 radical (unpaired) electrons. The highest BCUT2D eigenvalue weighted by Crippen LogP contribution is 2.32. The number of ether oxygens (including phenoxy) is 1. The maximum atomic E-state index is 12.6. The molecular weight excluding hydrogens is 558 g/mol. The number of anilines is 3. The maximum Gasteiger partial charge on any atom is 0.323 e. The lowest BCUT2D eigenvalue weighted by Gasteiger charge is -2.29. The number of morpholine rings is 1. The number of carbonyl (C=O) groups excluding carboxylic acids is 2. The van der Waals surface area contributed by atoms with Crippen LogP contribution in [0.2, 0.25) is 0 Å². The monoisotopic (exact) mass is 587 g/mol. The minimum absolute atomic E-state index is 0.110. The summed E-state index contributed by atoms with van der Waals surface area (Å²) < 4.78 is 11.2. The molecule has 0 atom stereocenters. The summed E-state index contributed by atoms with van der Waals surface area (Å²) in [7, 11) is 3.38. The number of nitrogens with zero attached hydrogens (tertiary/aromatic N) is 5. The van der Waals surface area contributed by atoms with Crippen molar-refractivity contribution < 1.29 is 18.7 Å². The van der Waals surface area contributed by atoms with Crippen molar-refractivity contribution in [2.45, 2.75) is 0 Å². The van der Waals surface area contributed by atoms with Crippen LogP contribution in [0.5, 0.6) is 0 Å². The van der Waals surface area contributed by atoms with Gasteiger partial charge in [-0.15, -0.1) is 0 Å². The number of aromatic nitrogens is 2. The van der Waals surface area contributed by atoms with E-state index in [4.69, 9.17) is 24.4 Å². The van der Waals surface area contributed by atoms with E-state index in [0.717, 1.165) is 27.8 Å². The fourth-order valence-electron chi connectivity index (χ4n) is 4.91. The average Bonchev–Trinajstić information content (AvgIpc) is 3.54. The fraction of sp³-hybridized carbons (Fsp3) is 0.182. The molecule has 6 rings (SSSR count). The van der Waals surface area contributed by atoms with E-state index in [1.54, 1.807) is 62.6 Å². The molecule has 3 amide bonds. The summed E-state index contributed by atoms with van der Waals surface area (Å²) in [6.45, 7) is 2.65. The number of nitriles is 1. The smallest absolute Gasteiger partial charge is 0.323 e. The second-order valence-electron chi connectivity index (χ2n) is 10.4. The van der Waals surface area contributed by atoms with Crippen molar-refractivity contribution in [2.75, 3.05) is 55.9 Å². The molecule has 1 aliphatic heterocycles. The second kappa shape index (κ2) is 12.2. The van der Waals surface area contributed by atoms with E-state index in [0.29, 0.717) is 54.8 Å². The Bertz CT molecular complexity index is 1870. The van der Waals surface area contributed by atoms with Crippen LogP contribution in [0.1, 0.15) is 16.1 Å². The average molecular weight is 588 g/mol. The van der Waals surface area contributed by atoms with Gasteiger partial charge in [0.25, 0.3) is 5.91 Å². The molecule has 3 heterocycles. The zero-order chi connectivity index (χ0) is 30.6. The van der Waals surface area contributed by atoms with Crippen LogP contribution in [-0.4, -0.2) is 67.2 Å². The Morgan fingerprint density at radius 1 is 0.864 bits per heavy atom. The SMILES string of the molecule is CN(C)C(=O)c1ccc(NC(=O)Nc2ccc(-c3nc(N4CCOCC4)c4ccc(-c5ccc(C#N)o5)cc4n3)cc2)cc1. The van der Waals surface area contributed by atoms with Crippen LogP contribution >= 0.6 is 0 Å². The number of benzene rings is 3. The van der Waals surface area contributed by atoms with E-state index in [1.165, 1.54) is 4.90 Å². The number of nitrogens with one attached hydrogen (secondary N) is 2. The van der Waals surface area contributed by atoms with Crippen LogP contribution in [0.3, 0.4) is 0 Å². The van der Waals surface area contributed by atoms with Gasteiger partial charge in [-0.1, -0.05) is 6.07 Å². The van der Waals surface area contributed by atoms with Gasteiger partial charge in [0.2, 0.25) is 5.76 Å². The highest BCUT2D eigenvalue weighted by Gasteiger charge is 2.19. The van der Waals surface area contributed by atoms with Crippen LogP contribution < -0.4 is 15.5 Å². The predicted molar refractivity (Wildman–Crippen MR) is 168 cm³/mol. The van der Waals surface area contributed by atoms with Crippen LogP contribution in [0.25, 0.3) is 33.6 Å². The molecule has 3 aromatic carbocycles. The summed E-state index contributed by atoms with van der Waals surface area (Å²) in [4.78, 5) is 38.3. The summed E-state index contributed by atoms with van der Waals surface area (Å²) in [6, 6.07) is 24.9. The van der Waals surface area contributed by atoms with Crippen LogP contribution in [0, 0.1) is 11.3 Å². The Morgan fingerprint density at radius 3 is 2.16 bits per heavy atom. The van der Waals surface area contributed by atoms with Gasteiger partial charge in [-0.25, -0.2) is 14.8 Å². The van der Waals surface area contributed by atoms with Crippen molar-refractivity contribution in [3.63, 3.8) is 0 Å². The van der Waals surface area contributed by atoms with Crippen molar-refractivity contribution in [1.29, 1.82) is 5.26 Å². The lowest BCUT2D eigenvalue weighted by atomic mass is 10.1. The zero-order valence-electron chi connectivity index (χ0n) is 24.2. The standard InChI is InChI=1S/C33H29N7O4/c1-39(2)32(41)22-5-10-25(11-6-22)36-33(42)35-24-8-3-21(4-9-24)30-37-28-19-23(29-14-12-26(20-34)44-29)7-13-27(28)31(38-30)40-15-17-43-18-16-40/h3-14,19H,15-18H2,1-2H3,(H2,35,36,42). The first-order valence-corrected chi connectivity index (χ1v) is 14.0. The Labute approximate surface area is 253 Å². The van der Waals surface area contributed by atoms with Gasteiger partial charge >= 0.3 is 6.03 Å². The lowest BCUT2D eigenvalue weighted by Crippen LogP contribution is -2.37. The first-order valence-electron chi connectivity index (χ1n) is 14.0. The molecule has 1 saturated heterocycles. The quantitative estimate of drug-likeness (QED) is 0.262. The molecule has 2 aromatic heterocycles. The van der Waals surface area contributed by atoms with Gasteiger partial charge in [-0.05, 0) is 72.8 Å². The molecule has 11 heteroatoms. The van der Waals surface area contributed by atoms with Crippen LogP contribution in [0.15, 0.2) is 83.3 Å². The van der Waals surface area contributed by atoms with Gasteiger partial charge in [-0.3, -0.25) is 4.79 Å². The molecule has 1 aliphatic rings. The molecule has 0 aliphatic carbocycles. The molecule has 0 saturated carbocycles. The first kappa shape index (κ1) is 28.4. The topological polar surface area (TPSA) is 137 Å². The highest BCUT2D eigenvalue weighted by atomic mass is 16.5. The molecule has 1 fully saturated rings. The maximum absolute atomic E-state index is 12.6. The van der Waals surface area contributed by atoms with E-state index in [-0.39, 0.29) is 11.7 Å². The molecule has 2 N–H and O–H groups in total. The van der Waals surface area contributed by atoms with E-state index in [2.05, 4.69) is 15.5 Å². The number of urea groups is 1. The molecule has 5 aromatic rings. The molecular formula is C33H29N7O4. The van der Waals surface area contributed by atoms with Crippen molar-refractivity contribution in [1.82, 2.24) is 14.9 Å². The molecule has 11 nitrogen and oxygen atoms in total. The molecule has 44 heavy (non-hydrogen) atoms. The zero-order valence-corrected chi connectivity index (χ0v) is 24.2. The predicted octanol–water partition coefficient (Wildman–Crippen LogP) is 5.61. The number of fused-ring (bicyclic) bond motifs is 1. The molecule has 0 unspecified atom stereocenters. The normalized spacial score (nSPS) is 12.9. The van der Waals surface area contributed by atoms with Gasteiger partial charge in [0.05, 0.1) is 18.7 Å². The van der Waals surface area contributed by atoms with Crippen molar-refractivity contribution in [2.24, 2.45) is 0 Å². The minimum Gasteiger partial charge on any atom is -0.446 e. The number of rotatable bonds is 6. The van der Waals surface area contributed by atoms with Crippen LogP contribution in [0.4, 0.5) is 22.0 Å². The van der Waals surface area contributed by atoms with Gasteiger partial charge in [0, 0.05) is 60.6 Å². The third-order valence-corrected chi connectivity index (χ3v) is 7.18. The summed E-state index contributed by atoms with van der Waals surface area (Å²) in [5, 5.41) is 15.7. The van der Waals surface area contributed by atoms with E-state index in [9.17, 15) is 9.59 Å². The molecule has 0 spiro atoms. The summed E-state index contributed by atoms with van der Waals surface area (Å²) >= 11 is 0. The number of carbonyl (C=O) groups is 2. The van der Waals surface area contributed by atoms with E-state index < -0.39 is 6.03 Å². The number of hydrogen-bond acceptors (Lipinski definition) is 8. The van der Waals surface area contributed by atoms with E-state index in [1.807, 2.05) is 36.4 Å². The third-order valence-electron chi connectivity index (χ3n) is 7.18. The Morgan fingerprint density at radius 2 is 1.52 bits per heavy atom. The Kier molecular flexibility index (Phi) is 7.90. The number of amides is 3. The minimum atomic E-state index is -0.411. The second-order valence-corrected chi connectivity index (χ2v) is 10.4. The largest absolute Gasteiger partial charge is 0.446 e. The van der Waals surface area contributed by atoms with Crippen molar-refractivity contribution >= 4 is 40.0 Å². The molecule has 0 bridgehead atoms. The first-order chi connectivity index (χ1) is 21.4. The Hall–Kier alpha value is -5.73. The lowest BCUT2D eigenvalue weighted by molar-refractivity contribution is 0.0827. The fourth-order valence-corrected chi connectivity index (χ4v) is 4.91. The van der Waals surface area contributed by atoms with Gasteiger partial charge < -0.3 is 29.6 Å². The summed E-state index contributed by atoms with van der Waals surface area (Å²) in [5.41, 5.74) is 4.02. The van der Waals surface area contributed by atoms with Gasteiger partial charge in [0.15, 0.2) is 5.82 Å². The van der Waals surface area contributed by atoms with Crippen molar-refractivity contribution in [3.8, 4) is 28.8 Å². The highest BCUT2D eigenvalue weighted by molar-refractivity contribution is 6.00. The Balaban J connectivity index is 1.24. The number of hydrogen-bond donors (Lipinski definition) is 2. The number of furan rings is 1. The molecule has 220 valence electrons. The third kappa shape index (κ3) is 6.06.